The number of hydrogen-bond donors (Lipinski definition) is 1. The molecule has 182 valence electrons. The van der Waals surface area contributed by atoms with E-state index < -0.39 is 17.9 Å². The third kappa shape index (κ3) is 4.04. The molecule has 9 heteroatoms. The van der Waals surface area contributed by atoms with Crippen molar-refractivity contribution < 1.29 is 27.9 Å². The molecule has 0 saturated carbocycles. The maximum atomic E-state index is 14.4. The third-order valence-electron chi connectivity index (χ3n) is 6.18. The van der Waals surface area contributed by atoms with Crippen LogP contribution in [0.2, 0.25) is 0 Å². The summed E-state index contributed by atoms with van der Waals surface area (Å²) >= 11 is 0. The van der Waals surface area contributed by atoms with Crippen LogP contribution in [0.15, 0.2) is 70.8 Å². The lowest BCUT2D eigenvalue weighted by Crippen LogP contribution is -2.30. The molecule has 8 nitrogen and oxygen atoms in total. The predicted molar refractivity (Wildman–Crippen MR) is 129 cm³/mol. The van der Waals surface area contributed by atoms with Crippen LogP contribution in [0.5, 0.6) is 0 Å². The van der Waals surface area contributed by atoms with Gasteiger partial charge in [0.1, 0.15) is 17.3 Å². The molecule has 3 amide bonds. The Morgan fingerprint density at radius 2 is 1.81 bits per heavy atom. The fraction of sp³-hybridized carbons (Fsp3) is 0.148. The third-order valence-corrected chi connectivity index (χ3v) is 6.18. The Morgan fingerprint density at radius 3 is 2.58 bits per heavy atom. The minimum Gasteiger partial charge on any atom is -0.463 e. The maximum Gasteiger partial charge on any atom is 0.373 e. The average molecular weight is 487 g/mol. The molecule has 1 saturated heterocycles. The lowest BCUT2D eigenvalue weighted by molar-refractivity contribution is -0.123. The molecule has 1 N–H and O–H groups in total. The van der Waals surface area contributed by atoms with Crippen LogP contribution in [0, 0.1) is 12.7 Å². The molecule has 0 atom stereocenters. The van der Waals surface area contributed by atoms with Gasteiger partial charge >= 0.3 is 12.0 Å². The van der Waals surface area contributed by atoms with Gasteiger partial charge in [0.25, 0.3) is 5.91 Å². The highest BCUT2D eigenvalue weighted by atomic mass is 19.1. The Balaban J connectivity index is 1.47. The molecule has 0 aliphatic carbocycles. The monoisotopic (exact) mass is 487 g/mol. The number of carbonyl (C=O) groups excluding carboxylic acids is 3. The number of ether oxygens (including phenoxy) is 1. The fourth-order valence-electron chi connectivity index (χ4n) is 4.33. The van der Waals surface area contributed by atoms with E-state index in [1.54, 1.807) is 24.3 Å². The van der Waals surface area contributed by atoms with Gasteiger partial charge in [-0.15, -0.1) is 0 Å². The van der Waals surface area contributed by atoms with Crippen molar-refractivity contribution in [3.8, 4) is 0 Å². The van der Waals surface area contributed by atoms with E-state index in [-0.39, 0.29) is 29.6 Å². The number of rotatable bonds is 6. The van der Waals surface area contributed by atoms with Crippen molar-refractivity contribution in [1.82, 2.24) is 14.8 Å². The first kappa shape index (κ1) is 23.1. The topological polar surface area (TPSA) is 93.8 Å². The van der Waals surface area contributed by atoms with Crippen LogP contribution in [0.3, 0.4) is 0 Å². The molecular formula is C27H22FN3O5. The van der Waals surface area contributed by atoms with E-state index in [2.05, 4.69) is 10.1 Å². The van der Waals surface area contributed by atoms with Gasteiger partial charge < -0.3 is 19.0 Å². The molecule has 0 bridgehead atoms. The Labute approximate surface area is 205 Å². The first-order chi connectivity index (χ1) is 17.4. The van der Waals surface area contributed by atoms with Gasteiger partial charge in [-0.05, 0) is 37.3 Å². The van der Waals surface area contributed by atoms with Gasteiger partial charge in [-0.3, -0.25) is 9.69 Å². The zero-order chi connectivity index (χ0) is 25.4. The quantitative estimate of drug-likeness (QED) is 0.244. The Kier molecular flexibility index (Phi) is 5.89. The molecule has 0 spiro atoms. The maximum absolute atomic E-state index is 14.4. The molecule has 0 unspecified atom stereocenters. The first-order valence-corrected chi connectivity index (χ1v) is 11.2. The van der Waals surface area contributed by atoms with Gasteiger partial charge in [-0.1, -0.05) is 36.4 Å². The zero-order valence-electron chi connectivity index (χ0n) is 19.6. The number of halogens is 1. The molecule has 2 aromatic heterocycles. The van der Waals surface area contributed by atoms with E-state index in [0.717, 1.165) is 27.1 Å². The number of nitrogens with zero attached hydrogens (tertiary/aromatic N) is 2. The number of benzene rings is 2. The summed E-state index contributed by atoms with van der Waals surface area (Å²) in [6, 6.07) is 16.6. The number of nitrogens with one attached hydrogen (secondary N) is 1. The number of aromatic nitrogens is 1. The number of para-hydroxylation sites is 1. The standard InChI is InChI=1S/C27H22FN3O5/c1-16-20(19-8-4-6-10-23(19)30(16)14-17-7-3-5-9-21(17)28)13-22-25(32)31(27(34)29-22)15-18-11-12-24(36-18)26(33)35-2/h3-13H,14-15H2,1-2H3,(H,29,34)/b22-13-. The zero-order valence-corrected chi connectivity index (χ0v) is 19.6. The molecule has 2 aromatic carbocycles. The number of furan rings is 1. The van der Waals surface area contributed by atoms with Crippen molar-refractivity contribution >= 4 is 34.9 Å². The van der Waals surface area contributed by atoms with Crippen molar-refractivity contribution in [3.63, 3.8) is 0 Å². The lowest BCUT2D eigenvalue weighted by Gasteiger charge is -2.10. The van der Waals surface area contributed by atoms with Crippen LogP contribution in [0.1, 0.15) is 33.1 Å². The van der Waals surface area contributed by atoms with Crippen LogP contribution in [0.4, 0.5) is 9.18 Å². The summed E-state index contributed by atoms with van der Waals surface area (Å²) in [5.74, 6) is -1.23. The normalized spacial score (nSPS) is 14.6. The molecule has 4 aromatic rings. The average Bonchev–Trinajstić information content (AvgIpc) is 3.53. The molecule has 36 heavy (non-hydrogen) atoms. The number of esters is 1. The SMILES string of the molecule is COC(=O)c1ccc(CN2C(=O)N/C(=C\c3c(C)n(Cc4ccccc4F)c4ccccc34)C2=O)o1. The van der Waals surface area contributed by atoms with E-state index in [4.69, 9.17) is 4.42 Å². The minimum absolute atomic E-state index is 0.0198. The highest BCUT2D eigenvalue weighted by molar-refractivity contribution is 6.14. The molecule has 1 aliphatic heterocycles. The van der Waals surface area contributed by atoms with Crippen molar-refractivity contribution in [2.24, 2.45) is 0 Å². The number of amides is 3. The second kappa shape index (κ2) is 9.18. The van der Waals surface area contributed by atoms with Crippen molar-refractivity contribution in [1.29, 1.82) is 0 Å². The van der Waals surface area contributed by atoms with Crippen LogP contribution >= 0.6 is 0 Å². The van der Waals surface area contributed by atoms with Gasteiger partial charge in [0.05, 0.1) is 20.2 Å². The Bertz CT molecular complexity index is 1550. The Hall–Kier alpha value is -4.66. The highest BCUT2D eigenvalue weighted by Gasteiger charge is 2.35. The molecule has 3 heterocycles. The summed E-state index contributed by atoms with van der Waals surface area (Å²) in [4.78, 5) is 38.3. The number of fused-ring (bicyclic) bond motifs is 1. The smallest absolute Gasteiger partial charge is 0.373 e. The number of methoxy groups -OCH3 is 1. The molecule has 0 radical (unpaired) electrons. The fourth-order valence-corrected chi connectivity index (χ4v) is 4.33. The van der Waals surface area contributed by atoms with E-state index in [0.29, 0.717) is 12.1 Å². The van der Waals surface area contributed by atoms with Crippen molar-refractivity contribution in [2.75, 3.05) is 7.11 Å². The van der Waals surface area contributed by atoms with E-state index in [1.165, 1.54) is 25.3 Å². The molecule has 1 aliphatic rings. The van der Waals surface area contributed by atoms with E-state index in [9.17, 15) is 18.8 Å². The number of hydrogen-bond acceptors (Lipinski definition) is 5. The summed E-state index contributed by atoms with van der Waals surface area (Å²) in [7, 11) is 1.23. The van der Waals surface area contributed by atoms with E-state index >= 15 is 0 Å². The van der Waals surface area contributed by atoms with Crippen LogP contribution in [0.25, 0.3) is 17.0 Å². The molecule has 1 fully saturated rings. The summed E-state index contributed by atoms with van der Waals surface area (Å²) < 4.78 is 26.4. The first-order valence-electron chi connectivity index (χ1n) is 11.2. The van der Waals surface area contributed by atoms with E-state index in [1.807, 2.05) is 35.8 Å². The molecule has 5 rings (SSSR count). The highest BCUT2D eigenvalue weighted by Crippen LogP contribution is 2.30. The van der Waals surface area contributed by atoms with Gasteiger partial charge in [-0.25, -0.2) is 14.0 Å². The summed E-state index contributed by atoms with van der Waals surface area (Å²) in [5, 5.41) is 3.49. The lowest BCUT2D eigenvalue weighted by atomic mass is 10.1. The molecular weight excluding hydrogens is 465 g/mol. The largest absolute Gasteiger partial charge is 0.463 e. The second-order valence-corrected chi connectivity index (χ2v) is 8.33. The van der Waals surface area contributed by atoms with Crippen molar-refractivity contribution in [2.45, 2.75) is 20.0 Å². The van der Waals surface area contributed by atoms with Crippen LogP contribution < -0.4 is 5.32 Å². The second-order valence-electron chi connectivity index (χ2n) is 8.33. The van der Waals surface area contributed by atoms with Crippen LogP contribution in [-0.2, 0) is 22.6 Å². The summed E-state index contributed by atoms with van der Waals surface area (Å²) in [6.07, 6.45) is 1.64. The van der Waals surface area contributed by atoms with Crippen molar-refractivity contribution in [3.05, 3.63) is 101 Å². The number of carbonyl (C=O) groups is 3. The van der Waals surface area contributed by atoms with Gasteiger partial charge in [0.2, 0.25) is 5.76 Å². The number of urea groups is 1. The van der Waals surface area contributed by atoms with Gasteiger partial charge in [0, 0.05) is 27.7 Å². The Morgan fingerprint density at radius 1 is 1.06 bits per heavy atom. The van der Waals surface area contributed by atoms with Gasteiger partial charge in [-0.2, -0.15) is 0 Å². The predicted octanol–water partition coefficient (Wildman–Crippen LogP) is 4.61. The minimum atomic E-state index is -0.652. The summed E-state index contributed by atoms with van der Waals surface area (Å²) in [6.45, 7) is 2.06. The van der Waals surface area contributed by atoms with Crippen LogP contribution in [-0.4, -0.2) is 34.5 Å². The number of imide groups is 1. The van der Waals surface area contributed by atoms with Gasteiger partial charge in [0.15, 0.2) is 0 Å². The summed E-state index contributed by atoms with van der Waals surface area (Å²) in [5.41, 5.74) is 3.10.